The number of nitrogens with one attached hydrogen (secondary N) is 1. The molecule has 0 aliphatic carbocycles. The van der Waals surface area contributed by atoms with Gasteiger partial charge in [-0.1, -0.05) is 12.1 Å². The summed E-state index contributed by atoms with van der Waals surface area (Å²) in [4.78, 5) is 12.3. The molecule has 1 heterocycles. The van der Waals surface area contributed by atoms with Gasteiger partial charge < -0.3 is 5.32 Å². The highest BCUT2D eigenvalue weighted by molar-refractivity contribution is 5.96. The van der Waals surface area contributed by atoms with Gasteiger partial charge in [-0.25, -0.2) is 4.39 Å². The van der Waals surface area contributed by atoms with Crippen LogP contribution >= 0.6 is 0 Å². The highest BCUT2D eigenvalue weighted by Crippen LogP contribution is 2.16. The van der Waals surface area contributed by atoms with Gasteiger partial charge in [0.15, 0.2) is 0 Å². The van der Waals surface area contributed by atoms with Crippen molar-refractivity contribution in [2.75, 3.05) is 0 Å². The van der Waals surface area contributed by atoms with Crippen LogP contribution in [0.1, 0.15) is 40.3 Å². The Morgan fingerprint density at radius 3 is 2.40 bits per heavy atom. The van der Waals surface area contributed by atoms with Gasteiger partial charge >= 0.3 is 0 Å². The molecule has 0 radical (unpaired) electrons. The summed E-state index contributed by atoms with van der Waals surface area (Å²) in [5.41, 5.74) is 2.99. The predicted octanol–water partition coefficient (Wildman–Crippen LogP) is 2.67. The molecule has 4 nitrogen and oxygen atoms in total. The Balaban J connectivity index is 2.17. The Morgan fingerprint density at radius 2 is 1.90 bits per heavy atom. The van der Waals surface area contributed by atoms with Crippen molar-refractivity contribution in [3.8, 4) is 0 Å². The third-order valence-electron chi connectivity index (χ3n) is 3.45. The maximum Gasteiger partial charge on any atom is 0.255 e. The van der Waals surface area contributed by atoms with E-state index in [4.69, 9.17) is 0 Å². The van der Waals surface area contributed by atoms with Gasteiger partial charge in [-0.3, -0.25) is 9.48 Å². The van der Waals surface area contributed by atoms with Crippen LogP contribution in [0.5, 0.6) is 0 Å². The van der Waals surface area contributed by atoms with Crippen molar-refractivity contribution in [1.82, 2.24) is 15.1 Å². The number of benzene rings is 1. The first kappa shape index (κ1) is 14.2. The largest absolute Gasteiger partial charge is 0.345 e. The Morgan fingerprint density at radius 1 is 1.30 bits per heavy atom. The van der Waals surface area contributed by atoms with Crippen molar-refractivity contribution >= 4 is 5.91 Å². The van der Waals surface area contributed by atoms with E-state index >= 15 is 0 Å². The van der Waals surface area contributed by atoms with Crippen molar-refractivity contribution in [3.63, 3.8) is 0 Å². The van der Waals surface area contributed by atoms with Crippen LogP contribution in [-0.4, -0.2) is 15.7 Å². The molecule has 0 bridgehead atoms. The van der Waals surface area contributed by atoms with E-state index in [0.717, 1.165) is 11.3 Å². The summed E-state index contributed by atoms with van der Waals surface area (Å²) < 4.78 is 14.6. The van der Waals surface area contributed by atoms with E-state index in [9.17, 15) is 9.18 Å². The molecule has 5 heteroatoms. The molecule has 0 saturated carbocycles. The molecule has 1 atom stereocenters. The maximum absolute atomic E-state index is 12.9. The Kier molecular flexibility index (Phi) is 3.88. The predicted molar refractivity (Wildman–Crippen MR) is 75.0 cm³/mol. The van der Waals surface area contributed by atoms with Crippen LogP contribution < -0.4 is 5.32 Å². The molecular formula is C15H18FN3O. The highest BCUT2D eigenvalue weighted by Gasteiger charge is 2.19. The lowest BCUT2D eigenvalue weighted by Gasteiger charge is -2.14. The zero-order chi connectivity index (χ0) is 14.9. The average molecular weight is 275 g/mol. The molecule has 106 valence electrons. The summed E-state index contributed by atoms with van der Waals surface area (Å²) in [7, 11) is 1.81. The molecule has 20 heavy (non-hydrogen) atoms. The third kappa shape index (κ3) is 2.71. The van der Waals surface area contributed by atoms with E-state index in [1.807, 2.05) is 27.8 Å². The minimum atomic E-state index is -0.286. The van der Waals surface area contributed by atoms with Gasteiger partial charge in [-0.15, -0.1) is 0 Å². The number of hydrogen-bond donors (Lipinski definition) is 1. The number of rotatable bonds is 3. The lowest BCUT2D eigenvalue weighted by Crippen LogP contribution is -2.27. The van der Waals surface area contributed by atoms with Gasteiger partial charge in [0.05, 0.1) is 17.3 Å². The van der Waals surface area contributed by atoms with E-state index in [1.54, 1.807) is 16.8 Å². The smallest absolute Gasteiger partial charge is 0.255 e. The molecule has 0 aliphatic heterocycles. The van der Waals surface area contributed by atoms with Gasteiger partial charge in [-0.05, 0) is 38.5 Å². The van der Waals surface area contributed by atoms with Crippen LogP contribution in [0.4, 0.5) is 4.39 Å². The fourth-order valence-corrected chi connectivity index (χ4v) is 2.21. The molecule has 2 aromatic rings. The van der Waals surface area contributed by atoms with Crippen LogP contribution in [0.25, 0.3) is 0 Å². The average Bonchev–Trinajstić information content (AvgIpc) is 2.63. The molecule has 2 rings (SSSR count). The fourth-order valence-electron chi connectivity index (χ4n) is 2.21. The van der Waals surface area contributed by atoms with Crippen LogP contribution in [0.2, 0.25) is 0 Å². The van der Waals surface area contributed by atoms with Crippen molar-refractivity contribution < 1.29 is 9.18 Å². The van der Waals surface area contributed by atoms with Crippen LogP contribution in [0.3, 0.4) is 0 Å². The van der Waals surface area contributed by atoms with Crippen molar-refractivity contribution in [2.45, 2.75) is 26.8 Å². The summed E-state index contributed by atoms with van der Waals surface area (Å²) in [5.74, 6) is -0.448. The zero-order valence-electron chi connectivity index (χ0n) is 12.1. The normalized spacial score (nSPS) is 12.2. The van der Waals surface area contributed by atoms with E-state index in [2.05, 4.69) is 10.4 Å². The number of carbonyl (C=O) groups excluding carboxylic acids is 1. The lowest BCUT2D eigenvalue weighted by atomic mass is 10.1. The second kappa shape index (κ2) is 5.45. The topological polar surface area (TPSA) is 46.9 Å². The molecular weight excluding hydrogens is 257 g/mol. The molecule has 0 saturated heterocycles. The van der Waals surface area contributed by atoms with Gasteiger partial charge in [0, 0.05) is 12.7 Å². The number of carbonyl (C=O) groups is 1. The molecule has 0 aliphatic rings. The second-order valence-corrected chi connectivity index (χ2v) is 4.92. The van der Waals surface area contributed by atoms with Crippen LogP contribution in [-0.2, 0) is 7.05 Å². The first-order valence-electron chi connectivity index (χ1n) is 6.46. The Labute approximate surface area is 117 Å². The van der Waals surface area contributed by atoms with E-state index in [0.29, 0.717) is 11.3 Å². The number of aromatic nitrogens is 2. The molecule has 1 aromatic heterocycles. The van der Waals surface area contributed by atoms with Crippen molar-refractivity contribution in [2.24, 2.45) is 7.05 Å². The van der Waals surface area contributed by atoms with Gasteiger partial charge in [0.1, 0.15) is 5.82 Å². The minimum Gasteiger partial charge on any atom is -0.345 e. The van der Waals surface area contributed by atoms with Gasteiger partial charge in [0.25, 0.3) is 5.91 Å². The molecule has 1 unspecified atom stereocenters. The molecule has 0 fully saturated rings. The first-order valence-corrected chi connectivity index (χ1v) is 6.46. The first-order chi connectivity index (χ1) is 9.40. The standard InChI is InChI=1S/C15H18FN3O/c1-9(12-5-7-13(16)8-6-12)17-15(20)14-10(2)18-19(4)11(14)3/h5-9H,1-4H3,(H,17,20). The van der Waals surface area contributed by atoms with Gasteiger partial charge in [0.2, 0.25) is 0 Å². The van der Waals surface area contributed by atoms with E-state index in [-0.39, 0.29) is 17.8 Å². The second-order valence-electron chi connectivity index (χ2n) is 4.92. The van der Waals surface area contributed by atoms with Gasteiger partial charge in [-0.2, -0.15) is 5.10 Å². The summed E-state index contributed by atoms with van der Waals surface area (Å²) >= 11 is 0. The quantitative estimate of drug-likeness (QED) is 0.936. The van der Waals surface area contributed by atoms with E-state index < -0.39 is 0 Å². The van der Waals surface area contributed by atoms with Crippen LogP contribution in [0, 0.1) is 19.7 Å². The summed E-state index contributed by atoms with van der Waals surface area (Å²) in [6, 6.07) is 5.92. The number of nitrogens with zero attached hydrogens (tertiary/aromatic N) is 2. The Bertz CT molecular complexity index is 631. The lowest BCUT2D eigenvalue weighted by molar-refractivity contribution is 0.0938. The number of amides is 1. The maximum atomic E-state index is 12.9. The SMILES string of the molecule is Cc1nn(C)c(C)c1C(=O)NC(C)c1ccc(F)cc1. The van der Waals surface area contributed by atoms with E-state index in [1.165, 1.54) is 12.1 Å². The van der Waals surface area contributed by atoms with Crippen LogP contribution in [0.15, 0.2) is 24.3 Å². The molecule has 0 spiro atoms. The number of halogens is 1. The zero-order valence-corrected chi connectivity index (χ0v) is 12.1. The fraction of sp³-hybridized carbons (Fsp3) is 0.333. The summed E-state index contributed by atoms with van der Waals surface area (Å²) in [5, 5.41) is 7.14. The van der Waals surface area contributed by atoms with Crippen molar-refractivity contribution in [3.05, 3.63) is 52.6 Å². The minimum absolute atomic E-state index is 0.162. The third-order valence-corrected chi connectivity index (χ3v) is 3.45. The monoisotopic (exact) mass is 275 g/mol. The Hall–Kier alpha value is -2.17. The molecule has 1 amide bonds. The highest BCUT2D eigenvalue weighted by atomic mass is 19.1. The summed E-state index contributed by atoms with van der Waals surface area (Å²) in [6.45, 7) is 5.54. The molecule has 1 N–H and O–H groups in total. The van der Waals surface area contributed by atoms with Crippen molar-refractivity contribution in [1.29, 1.82) is 0 Å². The number of aryl methyl sites for hydroxylation is 2. The summed E-state index contributed by atoms with van der Waals surface area (Å²) in [6.07, 6.45) is 0. The molecule has 1 aromatic carbocycles. The number of hydrogen-bond acceptors (Lipinski definition) is 2.